The highest BCUT2D eigenvalue weighted by atomic mass is 16.5. The van der Waals surface area contributed by atoms with Gasteiger partial charge in [0, 0.05) is 20.0 Å². The molecule has 0 aliphatic carbocycles. The van der Waals surface area contributed by atoms with Crippen LogP contribution < -0.4 is 0 Å². The number of ether oxygens (including phenoxy) is 1. The van der Waals surface area contributed by atoms with E-state index >= 15 is 0 Å². The maximum Gasteiger partial charge on any atom is 0.310 e. The van der Waals surface area contributed by atoms with Gasteiger partial charge in [0.2, 0.25) is 5.89 Å². The van der Waals surface area contributed by atoms with Crippen molar-refractivity contribution in [3.8, 4) is 0 Å². The standard InChI is InChI=1S/C12H20N2O4/c1-8(2)12(3,11(15)16)7-10-13-9(14-18-10)5-6-17-4/h8H,5-7H2,1-4H3,(H,15,16). The van der Waals surface area contributed by atoms with Crippen molar-refractivity contribution in [2.24, 2.45) is 11.3 Å². The fourth-order valence-electron chi connectivity index (χ4n) is 1.50. The number of hydrogen-bond donors (Lipinski definition) is 1. The summed E-state index contributed by atoms with van der Waals surface area (Å²) in [5.41, 5.74) is -0.898. The molecule has 0 aliphatic heterocycles. The van der Waals surface area contributed by atoms with Gasteiger partial charge in [0.05, 0.1) is 12.0 Å². The van der Waals surface area contributed by atoms with E-state index in [-0.39, 0.29) is 12.3 Å². The Morgan fingerprint density at radius 3 is 2.72 bits per heavy atom. The van der Waals surface area contributed by atoms with Crippen LogP contribution in [0.4, 0.5) is 0 Å². The molecule has 0 spiro atoms. The van der Waals surface area contributed by atoms with Crippen LogP contribution in [0.25, 0.3) is 0 Å². The topological polar surface area (TPSA) is 85.5 Å². The molecule has 1 atom stereocenters. The molecule has 0 saturated carbocycles. The Morgan fingerprint density at radius 1 is 1.56 bits per heavy atom. The third-order valence-electron chi connectivity index (χ3n) is 3.32. The molecule has 0 aliphatic rings. The second kappa shape index (κ2) is 5.95. The van der Waals surface area contributed by atoms with Gasteiger partial charge in [-0.25, -0.2) is 0 Å². The normalized spacial score (nSPS) is 14.7. The van der Waals surface area contributed by atoms with E-state index in [1.807, 2.05) is 13.8 Å². The van der Waals surface area contributed by atoms with Gasteiger partial charge in [-0.2, -0.15) is 4.98 Å². The third-order valence-corrected chi connectivity index (χ3v) is 3.32. The lowest BCUT2D eigenvalue weighted by Crippen LogP contribution is -2.35. The molecule has 18 heavy (non-hydrogen) atoms. The van der Waals surface area contributed by atoms with Gasteiger partial charge in [-0.15, -0.1) is 0 Å². The van der Waals surface area contributed by atoms with Crippen molar-refractivity contribution >= 4 is 5.97 Å². The first-order valence-corrected chi connectivity index (χ1v) is 5.94. The molecule has 1 unspecified atom stereocenters. The molecular weight excluding hydrogens is 236 g/mol. The minimum absolute atomic E-state index is 0.0238. The Kier molecular flexibility index (Phi) is 4.84. The number of carbonyl (C=O) groups is 1. The van der Waals surface area contributed by atoms with Crippen LogP contribution in [0.3, 0.4) is 0 Å². The van der Waals surface area contributed by atoms with Crippen molar-refractivity contribution in [2.75, 3.05) is 13.7 Å². The smallest absolute Gasteiger partial charge is 0.310 e. The van der Waals surface area contributed by atoms with Crippen molar-refractivity contribution in [1.29, 1.82) is 0 Å². The maximum absolute atomic E-state index is 11.3. The van der Waals surface area contributed by atoms with Crippen molar-refractivity contribution < 1.29 is 19.2 Å². The van der Waals surface area contributed by atoms with Gasteiger partial charge >= 0.3 is 5.97 Å². The molecule has 1 heterocycles. The van der Waals surface area contributed by atoms with Gasteiger partial charge in [0.15, 0.2) is 5.82 Å². The molecule has 102 valence electrons. The van der Waals surface area contributed by atoms with Gasteiger partial charge < -0.3 is 14.4 Å². The average molecular weight is 256 g/mol. The number of aromatic nitrogens is 2. The minimum atomic E-state index is -0.898. The van der Waals surface area contributed by atoms with E-state index in [9.17, 15) is 9.90 Å². The van der Waals surface area contributed by atoms with Gasteiger partial charge in [0.25, 0.3) is 0 Å². The van der Waals surface area contributed by atoms with Crippen LogP contribution in [0.2, 0.25) is 0 Å². The first-order valence-electron chi connectivity index (χ1n) is 5.94. The lowest BCUT2D eigenvalue weighted by Gasteiger charge is -2.27. The number of hydrogen-bond acceptors (Lipinski definition) is 5. The summed E-state index contributed by atoms with van der Waals surface area (Å²) in [4.78, 5) is 15.5. The summed E-state index contributed by atoms with van der Waals surface area (Å²) < 4.78 is 9.99. The SMILES string of the molecule is COCCc1noc(CC(C)(C(=O)O)C(C)C)n1. The Bertz CT molecular complexity index is 403. The Morgan fingerprint density at radius 2 is 2.22 bits per heavy atom. The second-order valence-corrected chi connectivity index (χ2v) is 4.90. The molecule has 1 N–H and O–H groups in total. The van der Waals surface area contributed by atoms with Crippen molar-refractivity contribution in [3.05, 3.63) is 11.7 Å². The minimum Gasteiger partial charge on any atom is -0.481 e. The average Bonchev–Trinajstić information content (AvgIpc) is 2.73. The molecule has 1 aromatic heterocycles. The number of aliphatic carboxylic acids is 1. The molecule has 0 saturated heterocycles. The Hall–Kier alpha value is -1.43. The van der Waals surface area contributed by atoms with E-state index in [4.69, 9.17) is 9.26 Å². The van der Waals surface area contributed by atoms with Crippen molar-refractivity contribution in [3.63, 3.8) is 0 Å². The van der Waals surface area contributed by atoms with Crippen molar-refractivity contribution in [2.45, 2.75) is 33.6 Å². The molecule has 6 nitrogen and oxygen atoms in total. The highest BCUT2D eigenvalue weighted by Gasteiger charge is 2.38. The number of methoxy groups -OCH3 is 1. The molecule has 6 heteroatoms. The van der Waals surface area contributed by atoms with Crippen LogP contribution in [0.1, 0.15) is 32.5 Å². The molecule has 1 rings (SSSR count). The van der Waals surface area contributed by atoms with E-state index in [0.29, 0.717) is 24.7 Å². The fraction of sp³-hybridized carbons (Fsp3) is 0.750. The summed E-state index contributed by atoms with van der Waals surface area (Å²) in [6.07, 6.45) is 0.797. The highest BCUT2D eigenvalue weighted by molar-refractivity contribution is 5.74. The van der Waals surface area contributed by atoms with Crippen LogP contribution in [0, 0.1) is 11.3 Å². The lowest BCUT2D eigenvalue weighted by atomic mass is 9.76. The van der Waals surface area contributed by atoms with Gasteiger partial charge in [-0.05, 0) is 12.8 Å². The van der Waals surface area contributed by atoms with Crippen LogP contribution in [0.15, 0.2) is 4.52 Å². The van der Waals surface area contributed by atoms with Crippen LogP contribution in [0.5, 0.6) is 0 Å². The summed E-state index contributed by atoms with van der Waals surface area (Å²) in [7, 11) is 1.60. The van der Waals surface area contributed by atoms with Crippen LogP contribution in [-0.2, 0) is 22.4 Å². The first-order chi connectivity index (χ1) is 8.40. The van der Waals surface area contributed by atoms with Gasteiger partial charge in [-0.3, -0.25) is 4.79 Å². The zero-order valence-corrected chi connectivity index (χ0v) is 11.3. The number of nitrogens with zero attached hydrogens (tertiary/aromatic N) is 2. The summed E-state index contributed by atoms with van der Waals surface area (Å²) in [5, 5.41) is 13.1. The highest BCUT2D eigenvalue weighted by Crippen LogP contribution is 2.31. The summed E-state index contributed by atoms with van der Waals surface area (Å²) in [6.45, 7) is 5.95. The molecule has 1 aromatic rings. The molecule has 0 aromatic carbocycles. The third kappa shape index (κ3) is 3.29. The molecule has 0 radical (unpaired) electrons. The second-order valence-electron chi connectivity index (χ2n) is 4.90. The van der Waals surface area contributed by atoms with E-state index in [1.54, 1.807) is 14.0 Å². The zero-order chi connectivity index (χ0) is 13.8. The Balaban J connectivity index is 2.76. The quantitative estimate of drug-likeness (QED) is 0.796. The summed E-state index contributed by atoms with van der Waals surface area (Å²) >= 11 is 0. The largest absolute Gasteiger partial charge is 0.481 e. The lowest BCUT2D eigenvalue weighted by molar-refractivity contribution is -0.150. The van der Waals surface area contributed by atoms with E-state index < -0.39 is 11.4 Å². The fourth-order valence-corrected chi connectivity index (χ4v) is 1.50. The Labute approximate surface area is 106 Å². The molecule has 0 amide bonds. The monoisotopic (exact) mass is 256 g/mol. The number of carboxylic acid groups (broad SMARTS) is 1. The zero-order valence-electron chi connectivity index (χ0n) is 11.3. The van der Waals surface area contributed by atoms with Crippen LogP contribution >= 0.6 is 0 Å². The summed E-state index contributed by atoms with van der Waals surface area (Å²) in [6, 6.07) is 0. The van der Waals surface area contributed by atoms with Gasteiger partial charge in [0.1, 0.15) is 0 Å². The van der Waals surface area contributed by atoms with Crippen LogP contribution in [-0.4, -0.2) is 34.9 Å². The number of carboxylic acids is 1. The first kappa shape index (κ1) is 14.6. The number of rotatable bonds is 7. The summed E-state index contributed by atoms with van der Waals surface area (Å²) in [5.74, 6) is 0.0292. The molecule has 0 bridgehead atoms. The van der Waals surface area contributed by atoms with Crippen molar-refractivity contribution in [1.82, 2.24) is 10.1 Å². The molecule has 0 fully saturated rings. The maximum atomic E-state index is 11.3. The molecular formula is C12H20N2O4. The predicted octanol–water partition coefficient (Wildman–Crippen LogP) is 1.55. The van der Waals surface area contributed by atoms with E-state index in [1.165, 1.54) is 0 Å². The van der Waals surface area contributed by atoms with E-state index in [2.05, 4.69) is 10.1 Å². The van der Waals surface area contributed by atoms with Gasteiger partial charge in [-0.1, -0.05) is 19.0 Å². The predicted molar refractivity (Wildman–Crippen MR) is 64.2 cm³/mol. The van der Waals surface area contributed by atoms with E-state index in [0.717, 1.165) is 0 Å².